The van der Waals surface area contributed by atoms with Crippen LogP contribution in [0.25, 0.3) is 22.0 Å². The number of aromatic nitrogens is 1. The third-order valence-corrected chi connectivity index (χ3v) is 5.70. The number of halogens is 1. The van der Waals surface area contributed by atoms with Gasteiger partial charge < -0.3 is 19.0 Å². The molecule has 1 aliphatic rings. The predicted octanol–water partition coefficient (Wildman–Crippen LogP) is 4.61. The van der Waals surface area contributed by atoms with E-state index in [2.05, 4.69) is 9.88 Å². The van der Waals surface area contributed by atoms with Crippen molar-refractivity contribution in [2.24, 2.45) is 0 Å². The number of furan rings is 1. The molecule has 1 aliphatic heterocycles. The van der Waals surface area contributed by atoms with E-state index >= 15 is 0 Å². The number of piperazine rings is 1. The standard InChI is InChI=1S/C23H20ClN3O3/c1-29-20-5-3-2-4-19(20)26-8-10-27(11-9-26)23(28)21-13-16-12-15-6-7-17(24)14-18(15)25-22(16)30-21/h2-7,12-14H,8-11H2,1H3. The van der Waals surface area contributed by atoms with E-state index in [1.54, 1.807) is 19.2 Å². The number of anilines is 1. The minimum atomic E-state index is -0.116. The Bertz CT molecular complexity index is 1250. The Labute approximate surface area is 178 Å². The van der Waals surface area contributed by atoms with E-state index in [0.29, 0.717) is 29.6 Å². The van der Waals surface area contributed by atoms with E-state index in [0.717, 1.165) is 40.8 Å². The minimum Gasteiger partial charge on any atom is -0.495 e. The van der Waals surface area contributed by atoms with Crippen molar-refractivity contribution in [3.8, 4) is 5.75 Å². The van der Waals surface area contributed by atoms with Crippen molar-refractivity contribution >= 4 is 45.2 Å². The summed E-state index contributed by atoms with van der Waals surface area (Å²) in [5.74, 6) is 1.03. The Morgan fingerprint density at radius 2 is 1.83 bits per heavy atom. The molecule has 0 unspecified atom stereocenters. The number of amides is 1. The molecule has 1 saturated heterocycles. The molecular formula is C23H20ClN3O3. The van der Waals surface area contributed by atoms with Gasteiger partial charge in [-0.1, -0.05) is 29.8 Å². The topological polar surface area (TPSA) is 58.8 Å². The van der Waals surface area contributed by atoms with Gasteiger partial charge in [0.15, 0.2) is 5.76 Å². The average Bonchev–Trinajstić information content (AvgIpc) is 3.20. The van der Waals surface area contributed by atoms with E-state index in [1.165, 1.54) is 0 Å². The predicted molar refractivity (Wildman–Crippen MR) is 118 cm³/mol. The lowest BCUT2D eigenvalue weighted by atomic mass is 10.2. The Hall–Kier alpha value is -3.25. The molecule has 4 aromatic rings. The van der Waals surface area contributed by atoms with Crippen molar-refractivity contribution in [2.75, 3.05) is 38.2 Å². The first-order valence-corrected chi connectivity index (χ1v) is 10.2. The maximum absolute atomic E-state index is 13.0. The average molecular weight is 422 g/mol. The quantitative estimate of drug-likeness (QED) is 0.483. The number of hydrogen-bond acceptors (Lipinski definition) is 5. The van der Waals surface area contributed by atoms with E-state index in [9.17, 15) is 4.79 Å². The van der Waals surface area contributed by atoms with Crippen LogP contribution < -0.4 is 9.64 Å². The molecule has 2 aromatic heterocycles. The highest BCUT2D eigenvalue weighted by Crippen LogP contribution is 2.29. The molecule has 1 amide bonds. The van der Waals surface area contributed by atoms with Crippen LogP contribution in [0.1, 0.15) is 10.6 Å². The van der Waals surface area contributed by atoms with Gasteiger partial charge in [-0.15, -0.1) is 0 Å². The summed E-state index contributed by atoms with van der Waals surface area (Å²) in [5.41, 5.74) is 2.24. The number of fused-ring (bicyclic) bond motifs is 2. The summed E-state index contributed by atoms with van der Waals surface area (Å²) in [6, 6.07) is 17.2. The third-order valence-electron chi connectivity index (χ3n) is 5.47. The molecule has 0 aliphatic carbocycles. The van der Waals surface area contributed by atoms with Crippen molar-refractivity contribution in [3.05, 3.63) is 65.4 Å². The zero-order valence-corrected chi connectivity index (χ0v) is 17.2. The normalized spacial score (nSPS) is 14.5. The molecule has 7 heteroatoms. The van der Waals surface area contributed by atoms with E-state index < -0.39 is 0 Å². The van der Waals surface area contributed by atoms with Gasteiger partial charge in [0.05, 0.1) is 18.3 Å². The first kappa shape index (κ1) is 18.8. The summed E-state index contributed by atoms with van der Waals surface area (Å²) in [5, 5.41) is 2.38. The minimum absolute atomic E-state index is 0.116. The summed E-state index contributed by atoms with van der Waals surface area (Å²) < 4.78 is 11.3. The number of benzene rings is 2. The van der Waals surface area contributed by atoms with Crippen LogP contribution in [0.2, 0.25) is 5.02 Å². The monoisotopic (exact) mass is 421 g/mol. The molecule has 6 nitrogen and oxygen atoms in total. The summed E-state index contributed by atoms with van der Waals surface area (Å²) in [6.07, 6.45) is 0. The molecule has 1 fully saturated rings. The third kappa shape index (κ3) is 3.33. The Morgan fingerprint density at radius 1 is 1.03 bits per heavy atom. The fourth-order valence-corrected chi connectivity index (χ4v) is 4.07. The van der Waals surface area contributed by atoms with Crippen molar-refractivity contribution in [2.45, 2.75) is 0 Å². The molecule has 30 heavy (non-hydrogen) atoms. The van der Waals surface area contributed by atoms with Gasteiger partial charge in [-0.05, 0) is 36.4 Å². The zero-order chi connectivity index (χ0) is 20.7. The lowest BCUT2D eigenvalue weighted by Crippen LogP contribution is -2.48. The second-order valence-electron chi connectivity index (χ2n) is 7.28. The number of pyridine rings is 1. The van der Waals surface area contributed by atoms with Crippen molar-refractivity contribution in [3.63, 3.8) is 0 Å². The van der Waals surface area contributed by atoms with Crippen LogP contribution in [0, 0.1) is 0 Å². The number of carbonyl (C=O) groups is 1. The van der Waals surface area contributed by atoms with Gasteiger partial charge in [0.2, 0.25) is 5.71 Å². The Balaban J connectivity index is 1.35. The maximum atomic E-state index is 13.0. The number of ether oxygens (including phenoxy) is 1. The number of hydrogen-bond donors (Lipinski definition) is 0. The van der Waals surface area contributed by atoms with E-state index in [4.69, 9.17) is 20.8 Å². The van der Waals surface area contributed by atoms with Crippen LogP contribution in [0.3, 0.4) is 0 Å². The molecular weight excluding hydrogens is 402 g/mol. The second kappa shape index (κ2) is 7.54. The largest absolute Gasteiger partial charge is 0.495 e. The fourth-order valence-electron chi connectivity index (χ4n) is 3.90. The molecule has 0 spiro atoms. The van der Waals surface area contributed by atoms with Gasteiger partial charge in [-0.2, -0.15) is 0 Å². The zero-order valence-electron chi connectivity index (χ0n) is 16.5. The summed E-state index contributed by atoms with van der Waals surface area (Å²) in [7, 11) is 1.67. The first-order valence-electron chi connectivity index (χ1n) is 9.79. The molecule has 152 valence electrons. The van der Waals surface area contributed by atoms with Crippen molar-refractivity contribution in [1.82, 2.24) is 9.88 Å². The molecule has 0 N–H and O–H groups in total. The smallest absolute Gasteiger partial charge is 0.289 e. The molecule has 0 bridgehead atoms. The molecule has 0 atom stereocenters. The van der Waals surface area contributed by atoms with E-state index in [1.807, 2.05) is 47.4 Å². The SMILES string of the molecule is COc1ccccc1N1CCN(C(=O)c2cc3cc4ccc(Cl)cc4nc3o2)CC1. The van der Waals surface area contributed by atoms with Gasteiger partial charge in [-0.3, -0.25) is 4.79 Å². The second-order valence-corrected chi connectivity index (χ2v) is 7.72. The van der Waals surface area contributed by atoms with Crippen molar-refractivity contribution < 1.29 is 13.9 Å². The molecule has 5 rings (SSSR count). The highest BCUT2D eigenvalue weighted by Gasteiger charge is 2.26. The van der Waals surface area contributed by atoms with Gasteiger partial charge in [0.25, 0.3) is 5.91 Å². The molecule has 0 radical (unpaired) electrons. The number of nitrogens with zero attached hydrogens (tertiary/aromatic N) is 3. The van der Waals surface area contributed by atoms with Crippen LogP contribution in [0.15, 0.2) is 59.0 Å². The Morgan fingerprint density at radius 3 is 2.63 bits per heavy atom. The Kier molecular flexibility index (Phi) is 4.71. The van der Waals surface area contributed by atoms with Gasteiger partial charge in [0, 0.05) is 42.0 Å². The van der Waals surface area contributed by atoms with Gasteiger partial charge >= 0.3 is 0 Å². The number of para-hydroxylation sites is 2. The van der Waals surface area contributed by atoms with Crippen LogP contribution in [-0.2, 0) is 0 Å². The molecule has 3 heterocycles. The van der Waals surface area contributed by atoms with Crippen LogP contribution in [-0.4, -0.2) is 49.1 Å². The molecule has 2 aromatic carbocycles. The first-order chi connectivity index (χ1) is 14.6. The maximum Gasteiger partial charge on any atom is 0.289 e. The van der Waals surface area contributed by atoms with Gasteiger partial charge in [0.1, 0.15) is 5.75 Å². The lowest BCUT2D eigenvalue weighted by Gasteiger charge is -2.36. The van der Waals surface area contributed by atoms with Crippen LogP contribution in [0.4, 0.5) is 5.69 Å². The summed E-state index contributed by atoms with van der Waals surface area (Å²) in [6.45, 7) is 2.68. The fraction of sp³-hybridized carbons (Fsp3) is 0.217. The summed E-state index contributed by atoms with van der Waals surface area (Å²) >= 11 is 6.06. The highest BCUT2D eigenvalue weighted by atomic mass is 35.5. The molecule has 0 saturated carbocycles. The summed E-state index contributed by atoms with van der Waals surface area (Å²) in [4.78, 5) is 21.6. The van der Waals surface area contributed by atoms with Crippen LogP contribution in [0.5, 0.6) is 5.75 Å². The number of methoxy groups -OCH3 is 1. The van der Waals surface area contributed by atoms with Crippen molar-refractivity contribution in [1.29, 1.82) is 0 Å². The van der Waals surface area contributed by atoms with Gasteiger partial charge in [-0.25, -0.2) is 4.98 Å². The lowest BCUT2D eigenvalue weighted by molar-refractivity contribution is 0.0716. The van der Waals surface area contributed by atoms with Crippen LogP contribution >= 0.6 is 11.6 Å². The number of rotatable bonds is 3. The number of carbonyl (C=O) groups excluding carboxylic acids is 1. The van der Waals surface area contributed by atoms with E-state index in [-0.39, 0.29) is 5.91 Å². The highest BCUT2D eigenvalue weighted by molar-refractivity contribution is 6.31.